The number of allylic oxidation sites excluding steroid dienone is 1. The molecule has 0 aromatic heterocycles. The summed E-state index contributed by atoms with van der Waals surface area (Å²) in [7, 11) is 1.29. The highest BCUT2D eigenvalue weighted by Gasteiger charge is 2.23. The molecule has 0 heterocycles. The van der Waals surface area contributed by atoms with Gasteiger partial charge < -0.3 is 28.8 Å². The minimum absolute atomic E-state index is 0.00321. The Hall–Kier alpha value is -0.760. The van der Waals surface area contributed by atoms with Crippen molar-refractivity contribution in [1.29, 1.82) is 0 Å². The van der Waals surface area contributed by atoms with Crippen LogP contribution in [0.2, 0.25) is 0 Å². The molecule has 0 aliphatic carbocycles. The minimum atomic E-state index is -4.60. The Morgan fingerprint density at radius 3 is 0.815 bits per heavy atom. The summed E-state index contributed by atoms with van der Waals surface area (Å²) in [5.41, 5.74) is 0. The number of rotatable bonds is 80. The lowest BCUT2D eigenvalue weighted by Crippen LogP contribution is -2.45. The summed E-state index contributed by atoms with van der Waals surface area (Å²) in [6.45, 7) is 4.74. The SMILES string of the molecule is CCCCCCCCCCCCCCCCCCCCCCCCCCCCCCC/C=C/C(O)C(COP(=O)([O-])OCC[N+](C)(C)C)NC(=O)CCCCCCCCCCCCCCCCCCCCCCCCCCCCCCCCCCCCCCCCC. The van der Waals surface area contributed by atoms with Gasteiger partial charge in [-0.1, -0.05) is 450 Å². The van der Waals surface area contributed by atoms with Crippen molar-refractivity contribution in [3.63, 3.8) is 0 Å². The molecule has 92 heavy (non-hydrogen) atoms. The first kappa shape index (κ1) is 91.2. The van der Waals surface area contributed by atoms with Crippen molar-refractivity contribution in [1.82, 2.24) is 5.32 Å². The zero-order valence-corrected chi connectivity index (χ0v) is 64.2. The fraction of sp³-hybridized carbons (Fsp3) is 0.964. The van der Waals surface area contributed by atoms with E-state index in [1.165, 1.54) is 405 Å². The molecule has 2 N–H and O–H groups in total. The maximum Gasteiger partial charge on any atom is 0.268 e. The predicted octanol–water partition coefficient (Wildman–Crippen LogP) is 26.9. The van der Waals surface area contributed by atoms with Gasteiger partial charge in [0.1, 0.15) is 13.2 Å². The zero-order chi connectivity index (χ0) is 66.9. The molecular formula is C83H167N2O6P. The molecule has 1 amide bonds. The maximum absolute atomic E-state index is 13.1. The molecule has 9 heteroatoms. The molecule has 550 valence electrons. The van der Waals surface area contributed by atoms with Crippen LogP contribution in [0.25, 0.3) is 0 Å². The van der Waals surface area contributed by atoms with Crippen LogP contribution in [-0.4, -0.2) is 68.5 Å². The highest BCUT2D eigenvalue weighted by atomic mass is 31.2. The lowest BCUT2D eigenvalue weighted by atomic mass is 10.0. The highest BCUT2D eigenvalue weighted by molar-refractivity contribution is 7.45. The molecule has 0 saturated carbocycles. The van der Waals surface area contributed by atoms with Crippen LogP contribution in [0, 0.1) is 0 Å². The van der Waals surface area contributed by atoms with Crippen molar-refractivity contribution in [3.8, 4) is 0 Å². The Morgan fingerprint density at radius 2 is 0.587 bits per heavy atom. The fourth-order valence-corrected chi connectivity index (χ4v) is 14.2. The van der Waals surface area contributed by atoms with Crippen molar-refractivity contribution in [3.05, 3.63) is 12.2 Å². The van der Waals surface area contributed by atoms with E-state index in [-0.39, 0.29) is 19.1 Å². The molecule has 0 aromatic rings. The Labute approximate surface area is 577 Å². The van der Waals surface area contributed by atoms with Crippen LogP contribution >= 0.6 is 7.82 Å². The molecule has 3 atom stereocenters. The molecule has 0 aliphatic rings. The molecular weight excluding hydrogens is 1150 g/mol. The van der Waals surface area contributed by atoms with Gasteiger partial charge in [-0.2, -0.15) is 0 Å². The van der Waals surface area contributed by atoms with Crippen LogP contribution in [0.15, 0.2) is 12.2 Å². The average Bonchev–Trinajstić information content (AvgIpc) is 3.24. The Morgan fingerprint density at radius 1 is 0.370 bits per heavy atom. The quantitative estimate of drug-likeness (QED) is 0.0272. The monoisotopic (exact) mass is 1320 g/mol. The average molecular weight is 1320 g/mol. The molecule has 0 aliphatic heterocycles. The second-order valence-corrected chi connectivity index (χ2v) is 32.0. The first-order chi connectivity index (χ1) is 45.0. The number of nitrogens with zero attached hydrogens (tertiary/aromatic N) is 1. The van der Waals surface area contributed by atoms with Crippen LogP contribution in [0.4, 0.5) is 0 Å². The second-order valence-electron chi connectivity index (χ2n) is 30.6. The zero-order valence-electron chi connectivity index (χ0n) is 63.3. The first-order valence-corrected chi connectivity index (χ1v) is 43.5. The molecule has 0 bridgehead atoms. The van der Waals surface area contributed by atoms with Gasteiger partial charge in [-0.15, -0.1) is 0 Å². The molecule has 0 fully saturated rings. The van der Waals surface area contributed by atoms with Gasteiger partial charge in [0.2, 0.25) is 5.91 Å². The van der Waals surface area contributed by atoms with Gasteiger partial charge in [0.15, 0.2) is 0 Å². The third kappa shape index (κ3) is 76.6. The third-order valence-electron chi connectivity index (χ3n) is 20.0. The predicted molar refractivity (Wildman–Crippen MR) is 404 cm³/mol. The smallest absolute Gasteiger partial charge is 0.268 e. The maximum atomic E-state index is 13.1. The molecule has 3 unspecified atom stereocenters. The number of hydrogen-bond acceptors (Lipinski definition) is 6. The molecule has 0 spiro atoms. The van der Waals surface area contributed by atoms with E-state index >= 15 is 0 Å². The first-order valence-electron chi connectivity index (χ1n) is 42.1. The van der Waals surface area contributed by atoms with Gasteiger partial charge in [-0.3, -0.25) is 9.36 Å². The summed E-state index contributed by atoms with van der Waals surface area (Å²) in [6, 6.07) is -0.885. The number of likely N-dealkylation sites (N-methyl/N-ethyl adjacent to an activating group) is 1. The number of phosphoric ester groups is 1. The molecule has 0 rings (SSSR count). The minimum Gasteiger partial charge on any atom is -0.756 e. The van der Waals surface area contributed by atoms with E-state index in [0.29, 0.717) is 17.4 Å². The number of aliphatic hydroxyl groups excluding tert-OH is 1. The van der Waals surface area contributed by atoms with Crippen molar-refractivity contribution >= 4 is 13.7 Å². The Kier molecular flexibility index (Phi) is 73.8. The van der Waals surface area contributed by atoms with Crippen LogP contribution in [-0.2, 0) is 18.4 Å². The van der Waals surface area contributed by atoms with Crippen LogP contribution < -0.4 is 10.2 Å². The molecule has 0 radical (unpaired) electrons. The summed E-state index contributed by atoms with van der Waals surface area (Å²) in [5, 5.41) is 14.0. The van der Waals surface area contributed by atoms with E-state index in [0.717, 1.165) is 38.5 Å². The van der Waals surface area contributed by atoms with Crippen molar-refractivity contribution in [2.75, 3.05) is 40.9 Å². The summed E-state index contributed by atoms with van der Waals surface area (Å²) in [6.07, 6.45) is 98.4. The molecule has 0 aromatic carbocycles. The van der Waals surface area contributed by atoms with Gasteiger partial charge in [0, 0.05) is 6.42 Å². The normalized spacial score (nSPS) is 13.4. The fourth-order valence-electron chi connectivity index (χ4n) is 13.5. The standard InChI is InChI=1S/C83H167N2O6P/c1-6-8-10-12-14-16-18-20-22-24-26-28-30-32-34-36-38-39-40-41-42-43-44-45-47-49-51-53-55-57-59-61-63-65-67-69-71-73-75-77-83(87)84-81(80-91-92(88,89)90-79-78-85(3,4)5)82(86)76-74-72-70-68-66-64-62-60-58-56-54-52-50-48-46-37-35-33-31-29-27-25-23-21-19-17-15-13-11-9-7-2/h74,76,81-82,86H,6-73,75,77-80H2,1-5H3,(H-,84,87,88,89)/b76-74+. The number of aliphatic hydroxyl groups is 1. The van der Waals surface area contributed by atoms with Crippen molar-refractivity contribution in [2.24, 2.45) is 0 Å². The summed E-state index contributed by atoms with van der Waals surface area (Å²) < 4.78 is 23.5. The second kappa shape index (κ2) is 74.5. The number of nitrogens with one attached hydrogen (secondary N) is 1. The number of carbonyl (C=O) groups excluding carboxylic acids is 1. The van der Waals surface area contributed by atoms with E-state index in [9.17, 15) is 19.4 Å². The number of amides is 1. The van der Waals surface area contributed by atoms with Crippen LogP contribution in [0.1, 0.15) is 463 Å². The van der Waals surface area contributed by atoms with Gasteiger partial charge in [-0.05, 0) is 19.3 Å². The van der Waals surface area contributed by atoms with Gasteiger partial charge >= 0.3 is 0 Å². The Balaban J connectivity index is 3.89. The van der Waals surface area contributed by atoms with E-state index in [1.807, 2.05) is 27.2 Å². The number of phosphoric acid groups is 1. The third-order valence-corrected chi connectivity index (χ3v) is 21.0. The summed E-state index contributed by atoms with van der Waals surface area (Å²) in [4.78, 5) is 25.7. The highest BCUT2D eigenvalue weighted by Crippen LogP contribution is 2.38. The van der Waals surface area contributed by atoms with Crippen molar-refractivity contribution in [2.45, 2.75) is 475 Å². The number of hydrogen-bond donors (Lipinski definition) is 2. The van der Waals surface area contributed by atoms with E-state index in [4.69, 9.17) is 9.05 Å². The van der Waals surface area contributed by atoms with E-state index < -0.39 is 20.0 Å². The summed E-state index contributed by atoms with van der Waals surface area (Å²) >= 11 is 0. The van der Waals surface area contributed by atoms with E-state index in [1.54, 1.807) is 6.08 Å². The van der Waals surface area contributed by atoms with Gasteiger partial charge in [-0.25, -0.2) is 0 Å². The summed E-state index contributed by atoms with van der Waals surface area (Å²) in [5.74, 6) is -0.185. The lowest BCUT2D eigenvalue weighted by molar-refractivity contribution is -0.870. The van der Waals surface area contributed by atoms with Gasteiger partial charge in [0.05, 0.1) is 39.9 Å². The number of carbonyl (C=O) groups is 1. The number of unbranched alkanes of at least 4 members (excludes halogenated alkanes) is 67. The number of quaternary nitrogens is 1. The van der Waals surface area contributed by atoms with Crippen LogP contribution in [0.3, 0.4) is 0 Å². The van der Waals surface area contributed by atoms with Crippen LogP contribution in [0.5, 0.6) is 0 Å². The molecule has 8 nitrogen and oxygen atoms in total. The largest absolute Gasteiger partial charge is 0.756 e. The van der Waals surface area contributed by atoms with E-state index in [2.05, 4.69) is 19.2 Å². The molecule has 0 saturated heterocycles. The van der Waals surface area contributed by atoms with Gasteiger partial charge in [0.25, 0.3) is 7.82 Å². The van der Waals surface area contributed by atoms with Crippen molar-refractivity contribution < 1.29 is 32.9 Å². The lowest BCUT2D eigenvalue weighted by Gasteiger charge is -2.29. The topological polar surface area (TPSA) is 108 Å². The Bertz CT molecular complexity index is 1510.